The highest BCUT2D eigenvalue weighted by molar-refractivity contribution is 7.99. The number of hydrogen-bond acceptors (Lipinski definition) is 14. The van der Waals surface area contributed by atoms with Crippen LogP contribution >= 0.6 is 23.4 Å². The first-order valence-electron chi connectivity index (χ1n) is 26.5. The maximum Gasteiger partial charge on any atom is 0.501 e. The quantitative estimate of drug-likeness (QED) is 0.0907. The normalized spacial score (nSPS) is 20.1. The number of sulfone groups is 1. The highest BCUT2D eigenvalue weighted by Gasteiger charge is 2.49. The molecule has 4 aromatic carbocycles. The Bertz CT molecular complexity index is 2970. The van der Waals surface area contributed by atoms with Crippen LogP contribution in [-0.4, -0.2) is 170 Å². The van der Waals surface area contributed by atoms with E-state index in [1.54, 1.807) is 17.0 Å². The van der Waals surface area contributed by atoms with Gasteiger partial charge >= 0.3 is 11.6 Å². The van der Waals surface area contributed by atoms with Crippen molar-refractivity contribution in [2.75, 3.05) is 114 Å². The Kier molecular flexibility index (Phi) is 19.2. The zero-order valence-electron chi connectivity index (χ0n) is 44.7. The summed E-state index contributed by atoms with van der Waals surface area (Å²) in [5.41, 5.74) is -1.95. The smallest absolute Gasteiger partial charge is 0.444 e. The monoisotopic (exact) mass is 1160 g/mol. The number of allylic oxidation sites excluding steroid dienone is 1. The lowest BCUT2D eigenvalue weighted by atomic mass is 9.71. The molecule has 15 nitrogen and oxygen atoms in total. The topological polar surface area (TPSA) is 161 Å². The number of hydrogen-bond donors (Lipinski definition) is 2. The summed E-state index contributed by atoms with van der Waals surface area (Å²) in [7, 11) is -11.0. The van der Waals surface area contributed by atoms with Crippen LogP contribution in [0.5, 0.6) is 0 Å². The van der Waals surface area contributed by atoms with Crippen LogP contribution in [-0.2, 0) is 29.3 Å². The van der Waals surface area contributed by atoms with Gasteiger partial charge in [-0.2, -0.15) is 13.2 Å². The van der Waals surface area contributed by atoms with Gasteiger partial charge in [-0.15, -0.1) is 11.8 Å². The van der Waals surface area contributed by atoms with Gasteiger partial charge in [0.05, 0.1) is 23.8 Å². The van der Waals surface area contributed by atoms with E-state index in [-0.39, 0.29) is 17.1 Å². The number of sulfonamides is 1. The lowest BCUT2D eigenvalue weighted by molar-refractivity contribution is -0.0436. The van der Waals surface area contributed by atoms with Crippen molar-refractivity contribution in [2.45, 2.75) is 85.2 Å². The minimum absolute atomic E-state index is 0.0201. The van der Waals surface area contributed by atoms with Crippen LogP contribution in [0.25, 0.3) is 5.57 Å². The number of alkyl halides is 3. The van der Waals surface area contributed by atoms with E-state index >= 15 is 0 Å². The molecular weight excluding hydrogens is 1090 g/mol. The predicted molar refractivity (Wildman–Crippen MR) is 300 cm³/mol. The van der Waals surface area contributed by atoms with E-state index in [2.05, 4.69) is 44.0 Å². The first-order valence-corrected chi connectivity index (χ1v) is 30.8. The summed E-state index contributed by atoms with van der Waals surface area (Å²) in [6.45, 7) is 18.4. The molecule has 2 N–H and O–H groups in total. The van der Waals surface area contributed by atoms with Crippen LogP contribution in [0.4, 0.5) is 29.3 Å². The number of nitrogens with one attached hydrogen (secondary N) is 2. The maximum atomic E-state index is 14.3. The summed E-state index contributed by atoms with van der Waals surface area (Å²) >= 11 is 7.76. The van der Waals surface area contributed by atoms with Gasteiger partial charge in [-0.25, -0.2) is 26.4 Å². The van der Waals surface area contributed by atoms with Gasteiger partial charge in [-0.05, 0) is 130 Å². The van der Waals surface area contributed by atoms with E-state index in [1.165, 1.54) is 40.6 Å². The second kappa shape index (κ2) is 25.3. The number of carbonyl (C=O) groups excluding carboxylic acids is 2. The molecule has 0 spiro atoms. The molecule has 0 saturated carbocycles. The number of morpholine rings is 1. The van der Waals surface area contributed by atoms with Gasteiger partial charge in [0.1, 0.15) is 10.5 Å². The fourth-order valence-corrected chi connectivity index (χ4v) is 13.6. The van der Waals surface area contributed by atoms with Crippen molar-refractivity contribution in [2.24, 2.45) is 5.41 Å². The number of piperazine rings is 2. The average Bonchev–Trinajstić information content (AvgIpc) is 3.42. The average molecular weight is 1160 g/mol. The van der Waals surface area contributed by atoms with E-state index in [1.807, 2.05) is 68.0 Å². The van der Waals surface area contributed by atoms with E-state index in [0.717, 1.165) is 81.2 Å². The van der Waals surface area contributed by atoms with E-state index in [4.69, 9.17) is 21.1 Å². The first-order chi connectivity index (χ1) is 36.9. The minimum Gasteiger partial charge on any atom is -0.444 e. The molecule has 2 amide bonds. The lowest BCUT2D eigenvalue weighted by Crippen LogP contribution is -2.52. The molecule has 3 saturated heterocycles. The Labute approximate surface area is 466 Å². The Morgan fingerprint density at radius 1 is 0.808 bits per heavy atom. The SMILES string of the molecule is CC1(CN2CCN(C(=O)OC(C)(C)C)CC2)CCC(c2ccc(Cl)cc2)=C(CN2CCN(c3ccc(C(=O)NS(=O)(=O)c4ccc(N[C@H](CCN5CCOCC5)CSc5ccccc5)c(S(=O)(=O)C(F)(F)F)c4)cc3)CC2)C1. The molecule has 8 rings (SSSR count). The molecule has 3 aliphatic heterocycles. The van der Waals surface area contributed by atoms with Crippen LogP contribution in [0.15, 0.2) is 117 Å². The third-order valence-corrected chi connectivity index (χ3v) is 19.0. The first kappa shape index (κ1) is 59.3. The third-order valence-electron chi connectivity index (χ3n) is 14.7. The molecule has 78 heavy (non-hydrogen) atoms. The molecule has 3 heterocycles. The number of carbonyl (C=O) groups is 2. The van der Waals surface area contributed by atoms with Crippen molar-refractivity contribution in [3.05, 3.63) is 119 Å². The molecule has 0 aromatic heterocycles. The maximum absolute atomic E-state index is 14.3. The zero-order chi connectivity index (χ0) is 55.9. The molecule has 22 heteroatoms. The van der Waals surface area contributed by atoms with Gasteiger partial charge in [-0.3, -0.25) is 19.5 Å². The number of anilines is 2. The molecule has 1 unspecified atom stereocenters. The van der Waals surface area contributed by atoms with Crippen LogP contribution in [0.2, 0.25) is 5.02 Å². The number of halogens is 4. The van der Waals surface area contributed by atoms with Crippen molar-refractivity contribution in [3.63, 3.8) is 0 Å². The Morgan fingerprint density at radius 3 is 2.10 bits per heavy atom. The molecular formula is C56H71ClF3N7O8S3. The number of rotatable bonds is 18. The highest BCUT2D eigenvalue weighted by Crippen LogP contribution is 2.44. The standard InChI is InChI=1S/C56H71ClF3N7O8S3/c1-54(2,3)75-53(69)67-30-26-65(27-31-67)40-55(4)22-20-49(41-10-14-44(57)15-11-41)43(37-55)38-64-24-28-66(29-25-64)46-16-12-42(13-17-46)52(68)62-78(72,73)48-18-19-50(51(36-48)77(70,71)56(58,59)60)61-45(21-23-63-32-34-74-35-33-63)39-76-47-8-6-5-7-9-47/h5-19,36,45,61H,20-35,37-40H2,1-4H3,(H,62,68)/t45-,55?/m1/s1. The minimum atomic E-state index is -6.08. The van der Waals surface area contributed by atoms with Crippen molar-refractivity contribution in [1.82, 2.24) is 24.3 Å². The van der Waals surface area contributed by atoms with Crippen LogP contribution in [0.3, 0.4) is 0 Å². The van der Waals surface area contributed by atoms with Gasteiger partial charge in [0.25, 0.3) is 25.8 Å². The molecule has 424 valence electrons. The molecule has 4 aromatic rings. The number of amides is 2. The summed E-state index contributed by atoms with van der Waals surface area (Å²) < 4.78 is 110. The van der Waals surface area contributed by atoms with Gasteiger partial charge in [0.2, 0.25) is 0 Å². The molecule has 1 aliphatic carbocycles. The molecule has 0 radical (unpaired) electrons. The number of thioether (sulfide) groups is 1. The van der Waals surface area contributed by atoms with E-state index in [0.29, 0.717) is 82.3 Å². The van der Waals surface area contributed by atoms with Crippen molar-refractivity contribution >= 4 is 72.2 Å². The largest absolute Gasteiger partial charge is 0.501 e. The van der Waals surface area contributed by atoms with Crippen LogP contribution in [0.1, 0.15) is 69.3 Å². The number of ether oxygens (including phenoxy) is 2. The van der Waals surface area contributed by atoms with Gasteiger partial charge in [0.15, 0.2) is 0 Å². The number of benzene rings is 4. The Hall–Kier alpha value is -4.87. The number of nitrogens with zero attached hydrogens (tertiary/aromatic N) is 5. The van der Waals surface area contributed by atoms with Crippen molar-refractivity contribution < 1.29 is 49.1 Å². The van der Waals surface area contributed by atoms with Gasteiger partial charge in [0, 0.05) is 118 Å². The Balaban J connectivity index is 0.900. The second-order valence-electron chi connectivity index (χ2n) is 21.9. The Morgan fingerprint density at radius 2 is 1.46 bits per heavy atom. The van der Waals surface area contributed by atoms with Crippen molar-refractivity contribution in [3.8, 4) is 0 Å². The summed E-state index contributed by atoms with van der Waals surface area (Å²) in [5, 5.41) is 3.69. The summed E-state index contributed by atoms with van der Waals surface area (Å²) in [6.07, 6.45) is 3.05. The van der Waals surface area contributed by atoms with Gasteiger partial charge < -0.3 is 24.6 Å². The summed E-state index contributed by atoms with van der Waals surface area (Å²) in [6, 6.07) is 25.7. The second-order valence-corrected chi connectivity index (χ2v) is 27.0. The fourth-order valence-electron chi connectivity index (χ4n) is 10.5. The molecule has 2 atom stereocenters. The molecule has 0 bridgehead atoms. The van der Waals surface area contributed by atoms with Crippen LogP contribution in [0, 0.1) is 5.41 Å². The highest BCUT2D eigenvalue weighted by atomic mass is 35.5. The van der Waals surface area contributed by atoms with Gasteiger partial charge in [-0.1, -0.05) is 54.4 Å². The summed E-state index contributed by atoms with van der Waals surface area (Å²) in [4.78, 5) is 36.2. The molecule has 4 aliphatic rings. The predicted octanol–water partition coefficient (Wildman–Crippen LogP) is 9.37. The van der Waals surface area contributed by atoms with E-state index in [9.17, 15) is 39.6 Å². The molecule has 3 fully saturated rings. The third kappa shape index (κ3) is 15.7. The van der Waals surface area contributed by atoms with E-state index < -0.39 is 58.4 Å². The summed E-state index contributed by atoms with van der Waals surface area (Å²) in [5.74, 6) is -0.681. The lowest BCUT2D eigenvalue weighted by Gasteiger charge is -2.44. The zero-order valence-corrected chi connectivity index (χ0v) is 47.9. The van der Waals surface area contributed by atoms with Crippen LogP contribution < -0.4 is 14.9 Å². The van der Waals surface area contributed by atoms with Crippen molar-refractivity contribution in [1.29, 1.82) is 0 Å². The fraction of sp³-hybridized carbons (Fsp3) is 0.500.